The van der Waals surface area contributed by atoms with Crippen LogP contribution < -0.4 is 4.90 Å². The van der Waals surface area contributed by atoms with Crippen LogP contribution in [0.25, 0.3) is 10.2 Å². The highest BCUT2D eigenvalue weighted by atomic mass is 32.2. The first-order valence-electron chi connectivity index (χ1n) is 12.9. The van der Waals surface area contributed by atoms with E-state index in [1.165, 1.54) is 15.6 Å². The van der Waals surface area contributed by atoms with Crippen LogP contribution in [0.5, 0.6) is 0 Å². The number of pyridine rings is 1. The zero-order chi connectivity index (χ0) is 26.9. The van der Waals surface area contributed by atoms with Crippen LogP contribution in [-0.2, 0) is 21.4 Å². The van der Waals surface area contributed by atoms with Gasteiger partial charge in [-0.2, -0.15) is 4.31 Å². The van der Waals surface area contributed by atoms with Crippen molar-refractivity contribution >= 4 is 42.6 Å². The molecule has 1 aliphatic rings. The van der Waals surface area contributed by atoms with E-state index in [4.69, 9.17) is 4.98 Å². The molecule has 3 heterocycles. The number of hydrogen-bond donors (Lipinski definition) is 0. The van der Waals surface area contributed by atoms with E-state index in [0.717, 1.165) is 27.0 Å². The van der Waals surface area contributed by atoms with Gasteiger partial charge in [-0.1, -0.05) is 61.1 Å². The molecule has 1 fully saturated rings. The van der Waals surface area contributed by atoms with Crippen LogP contribution in [0.1, 0.15) is 49.4 Å². The number of thiazole rings is 1. The maximum Gasteiger partial charge on any atom is 0.243 e. The number of fused-ring (bicyclic) bond motifs is 1. The molecule has 1 saturated heterocycles. The molecule has 2 aromatic carbocycles. The number of para-hydroxylation sites is 1. The Kier molecular flexibility index (Phi) is 7.61. The lowest BCUT2D eigenvalue weighted by Gasteiger charge is -2.33. The molecular weight excluding hydrogens is 516 g/mol. The van der Waals surface area contributed by atoms with Crippen LogP contribution in [0.2, 0.25) is 0 Å². The number of rotatable bonds is 7. The van der Waals surface area contributed by atoms with Crippen molar-refractivity contribution in [2.45, 2.75) is 51.0 Å². The molecule has 0 unspecified atom stereocenters. The molecule has 198 valence electrons. The van der Waals surface area contributed by atoms with Crippen LogP contribution >= 0.6 is 11.3 Å². The summed E-state index contributed by atoms with van der Waals surface area (Å²) in [6.45, 7) is 7.15. The lowest BCUT2D eigenvalue weighted by molar-refractivity contribution is -0.123. The Morgan fingerprint density at radius 3 is 2.45 bits per heavy atom. The van der Waals surface area contributed by atoms with Crippen molar-refractivity contribution in [1.29, 1.82) is 0 Å². The second kappa shape index (κ2) is 10.9. The summed E-state index contributed by atoms with van der Waals surface area (Å²) in [6, 6.07) is 18.7. The molecular formula is C29H32N4O3S2. The van der Waals surface area contributed by atoms with Crippen molar-refractivity contribution in [3.05, 3.63) is 83.7 Å². The minimum absolute atomic E-state index is 0.0341. The highest BCUT2D eigenvalue weighted by molar-refractivity contribution is 7.89. The van der Waals surface area contributed by atoms with Crippen molar-refractivity contribution in [1.82, 2.24) is 14.3 Å². The Labute approximate surface area is 228 Å². The summed E-state index contributed by atoms with van der Waals surface area (Å²) in [5.41, 5.74) is 3.88. The SMILES string of the molecule is Cc1ccc(S(=O)(=O)N2CCC(C(=O)N(Cc3ccccn3)c3nc4c(C(C)C)cccc4s3)CC2)cc1. The van der Waals surface area contributed by atoms with Gasteiger partial charge in [0.05, 0.1) is 27.4 Å². The normalized spacial score (nSPS) is 15.3. The number of carbonyl (C=O) groups excluding carboxylic acids is 1. The number of aromatic nitrogens is 2. The van der Waals surface area contributed by atoms with E-state index in [9.17, 15) is 13.2 Å². The molecule has 1 aliphatic heterocycles. The van der Waals surface area contributed by atoms with E-state index in [0.29, 0.717) is 48.4 Å². The quantitative estimate of drug-likeness (QED) is 0.293. The average molecular weight is 549 g/mol. The zero-order valence-electron chi connectivity index (χ0n) is 21.9. The minimum atomic E-state index is -3.59. The fraction of sp³-hybridized carbons (Fsp3) is 0.345. The molecule has 0 spiro atoms. The average Bonchev–Trinajstić information content (AvgIpc) is 3.36. The van der Waals surface area contributed by atoms with Gasteiger partial charge in [0.1, 0.15) is 0 Å². The van der Waals surface area contributed by atoms with Crippen molar-refractivity contribution in [2.75, 3.05) is 18.0 Å². The number of piperidine rings is 1. The van der Waals surface area contributed by atoms with E-state index in [1.807, 2.05) is 37.3 Å². The predicted molar refractivity (Wildman–Crippen MR) is 152 cm³/mol. The van der Waals surface area contributed by atoms with E-state index >= 15 is 0 Å². The minimum Gasteiger partial charge on any atom is -0.282 e. The number of aryl methyl sites for hydroxylation is 1. The molecule has 4 aromatic rings. The third kappa shape index (κ3) is 5.36. The molecule has 7 nitrogen and oxygen atoms in total. The van der Waals surface area contributed by atoms with Crippen molar-refractivity contribution in [3.8, 4) is 0 Å². The van der Waals surface area contributed by atoms with E-state index in [-0.39, 0.29) is 11.8 Å². The second-order valence-corrected chi connectivity index (χ2v) is 13.0. The van der Waals surface area contributed by atoms with Gasteiger partial charge in [0.25, 0.3) is 0 Å². The fourth-order valence-corrected chi connectivity index (χ4v) is 7.33. The Balaban J connectivity index is 1.39. The van der Waals surface area contributed by atoms with Crippen LogP contribution in [0, 0.1) is 12.8 Å². The maximum atomic E-state index is 14.0. The molecule has 9 heteroatoms. The lowest BCUT2D eigenvalue weighted by atomic mass is 9.96. The van der Waals surface area contributed by atoms with Crippen molar-refractivity contribution in [2.24, 2.45) is 5.92 Å². The monoisotopic (exact) mass is 548 g/mol. The van der Waals surface area contributed by atoms with Gasteiger partial charge in [-0.25, -0.2) is 13.4 Å². The van der Waals surface area contributed by atoms with E-state index in [1.54, 1.807) is 35.4 Å². The number of carbonyl (C=O) groups is 1. The Hall–Kier alpha value is -3.14. The number of anilines is 1. The van der Waals surface area contributed by atoms with Gasteiger partial charge in [0.2, 0.25) is 15.9 Å². The van der Waals surface area contributed by atoms with E-state index < -0.39 is 10.0 Å². The second-order valence-electron chi connectivity index (χ2n) is 10.1. The van der Waals surface area contributed by atoms with Crippen molar-refractivity contribution < 1.29 is 13.2 Å². The number of hydrogen-bond acceptors (Lipinski definition) is 6. The number of benzene rings is 2. The largest absolute Gasteiger partial charge is 0.282 e. The number of sulfonamides is 1. The summed E-state index contributed by atoms with van der Waals surface area (Å²) in [5, 5.41) is 0.651. The summed E-state index contributed by atoms with van der Waals surface area (Å²) >= 11 is 1.51. The highest BCUT2D eigenvalue weighted by Gasteiger charge is 2.35. The van der Waals surface area contributed by atoms with Crippen LogP contribution in [0.4, 0.5) is 5.13 Å². The van der Waals surface area contributed by atoms with Gasteiger partial charge in [-0.15, -0.1) is 0 Å². The predicted octanol–water partition coefficient (Wildman–Crippen LogP) is 5.76. The van der Waals surface area contributed by atoms with Crippen molar-refractivity contribution in [3.63, 3.8) is 0 Å². The van der Waals surface area contributed by atoms with Gasteiger partial charge in [0.15, 0.2) is 5.13 Å². The molecule has 0 bridgehead atoms. The molecule has 0 N–H and O–H groups in total. The summed E-state index contributed by atoms with van der Waals surface area (Å²) in [4.78, 5) is 25.4. The fourth-order valence-electron chi connectivity index (χ4n) is 4.86. The van der Waals surface area contributed by atoms with Gasteiger partial charge in [0, 0.05) is 25.2 Å². The zero-order valence-corrected chi connectivity index (χ0v) is 23.5. The van der Waals surface area contributed by atoms with E-state index in [2.05, 4.69) is 24.9 Å². The summed E-state index contributed by atoms with van der Waals surface area (Å²) < 4.78 is 28.9. The summed E-state index contributed by atoms with van der Waals surface area (Å²) in [7, 11) is -3.59. The van der Waals surface area contributed by atoms with Crippen LogP contribution in [-0.4, -0.2) is 41.7 Å². The number of amides is 1. The smallest absolute Gasteiger partial charge is 0.243 e. The molecule has 0 radical (unpaired) electrons. The van der Waals surface area contributed by atoms with Gasteiger partial charge < -0.3 is 0 Å². The molecule has 38 heavy (non-hydrogen) atoms. The molecule has 0 aliphatic carbocycles. The summed E-state index contributed by atoms with van der Waals surface area (Å²) in [6.07, 6.45) is 2.65. The number of nitrogens with zero attached hydrogens (tertiary/aromatic N) is 4. The first-order chi connectivity index (χ1) is 18.2. The third-order valence-corrected chi connectivity index (χ3v) is 10.0. The molecule has 0 saturated carbocycles. The molecule has 2 aromatic heterocycles. The van der Waals surface area contributed by atoms with Crippen LogP contribution in [0.15, 0.2) is 71.8 Å². The van der Waals surface area contributed by atoms with Gasteiger partial charge in [-0.05, 0) is 61.6 Å². The van der Waals surface area contributed by atoms with Gasteiger partial charge >= 0.3 is 0 Å². The highest BCUT2D eigenvalue weighted by Crippen LogP contribution is 2.36. The van der Waals surface area contributed by atoms with Crippen LogP contribution in [0.3, 0.4) is 0 Å². The lowest BCUT2D eigenvalue weighted by Crippen LogP contribution is -2.44. The maximum absolute atomic E-state index is 14.0. The molecule has 1 amide bonds. The Morgan fingerprint density at radius 2 is 1.79 bits per heavy atom. The van der Waals surface area contributed by atoms with Gasteiger partial charge in [-0.3, -0.25) is 14.7 Å². The summed E-state index contributed by atoms with van der Waals surface area (Å²) in [5.74, 6) is -0.0126. The molecule has 0 atom stereocenters. The standard InChI is InChI=1S/C29H32N4O3S2/c1-20(2)25-8-6-9-26-27(25)31-29(37-26)33(19-23-7-4-5-16-30-23)28(34)22-14-17-32(18-15-22)38(35,36)24-12-10-21(3)11-13-24/h4-13,16,20,22H,14-15,17-19H2,1-3H3. The Morgan fingerprint density at radius 1 is 1.05 bits per heavy atom. The third-order valence-electron chi connectivity index (χ3n) is 7.07. The Bertz CT molecular complexity index is 1530. The first-order valence-corrected chi connectivity index (χ1v) is 15.2. The topological polar surface area (TPSA) is 83.5 Å². The first kappa shape index (κ1) is 26.5. The molecule has 5 rings (SSSR count).